The Balaban J connectivity index is 1.61. The third-order valence-corrected chi connectivity index (χ3v) is 4.22. The summed E-state index contributed by atoms with van der Waals surface area (Å²) in [6.45, 7) is 1.95. The van der Waals surface area contributed by atoms with Gasteiger partial charge in [0.05, 0.1) is 10.7 Å². The molecule has 0 aromatic carbocycles. The molecule has 3 rings (SSSR count). The minimum Gasteiger partial charge on any atom is -0.355 e. The molecule has 0 amide bonds. The molecule has 0 bridgehead atoms. The van der Waals surface area contributed by atoms with Crippen molar-refractivity contribution in [2.45, 2.75) is 18.9 Å². The minimum absolute atomic E-state index is 0.457. The molecule has 110 valence electrons. The number of halogens is 1. The van der Waals surface area contributed by atoms with Crippen molar-refractivity contribution in [1.29, 1.82) is 0 Å². The summed E-state index contributed by atoms with van der Waals surface area (Å²) < 4.78 is 0.900. The van der Waals surface area contributed by atoms with Crippen molar-refractivity contribution in [2.24, 2.45) is 0 Å². The van der Waals surface area contributed by atoms with Crippen molar-refractivity contribution < 1.29 is 0 Å². The summed E-state index contributed by atoms with van der Waals surface area (Å²) in [7, 11) is 2.06. The molecule has 0 atom stereocenters. The van der Waals surface area contributed by atoms with Gasteiger partial charge in [-0.1, -0.05) is 0 Å². The zero-order valence-corrected chi connectivity index (χ0v) is 13.4. The van der Waals surface area contributed by atoms with Gasteiger partial charge < -0.3 is 9.80 Å². The van der Waals surface area contributed by atoms with Gasteiger partial charge in [0.15, 0.2) is 0 Å². The van der Waals surface area contributed by atoms with Crippen LogP contribution in [-0.2, 0) is 0 Å². The minimum atomic E-state index is 0.457. The van der Waals surface area contributed by atoms with Crippen LogP contribution >= 0.6 is 15.9 Å². The van der Waals surface area contributed by atoms with Gasteiger partial charge in [-0.2, -0.15) is 0 Å². The summed E-state index contributed by atoms with van der Waals surface area (Å²) in [5.41, 5.74) is 0. The van der Waals surface area contributed by atoms with E-state index in [1.807, 2.05) is 6.20 Å². The Kier molecular flexibility index (Phi) is 4.28. The molecule has 21 heavy (non-hydrogen) atoms. The van der Waals surface area contributed by atoms with Gasteiger partial charge in [0.1, 0.15) is 5.82 Å². The number of hydrogen-bond acceptors (Lipinski definition) is 6. The van der Waals surface area contributed by atoms with Crippen molar-refractivity contribution >= 4 is 27.7 Å². The summed E-state index contributed by atoms with van der Waals surface area (Å²) in [6.07, 6.45) is 11.0. The van der Waals surface area contributed by atoms with Gasteiger partial charge in [-0.15, -0.1) is 0 Å². The van der Waals surface area contributed by atoms with Crippen LogP contribution in [0.3, 0.4) is 0 Å². The van der Waals surface area contributed by atoms with E-state index < -0.39 is 0 Å². The molecule has 6 nitrogen and oxygen atoms in total. The largest absolute Gasteiger partial charge is 0.355 e. The van der Waals surface area contributed by atoms with Crippen LogP contribution in [0.5, 0.6) is 0 Å². The lowest BCUT2D eigenvalue weighted by atomic mass is 10.0. The molecule has 0 aliphatic carbocycles. The Labute approximate surface area is 132 Å². The number of nitrogens with zero attached hydrogens (tertiary/aromatic N) is 6. The van der Waals surface area contributed by atoms with E-state index in [-0.39, 0.29) is 0 Å². The summed E-state index contributed by atoms with van der Waals surface area (Å²) in [5, 5.41) is 0. The fourth-order valence-corrected chi connectivity index (χ4v) is 2.79. The first-order valence-corrected chi connectivity index (χ1v) is 7.74. The van der Waals surface area contributed by atoms with Crippen molar-refractivity contribution in [1.82, 2.24) is 19.9 Å². The molecule has 2 aromatic heterocycles. The van der Waals surface area contributed by atoms with E-state index in [2.05, 4.69) is 52.7 Å². The number of piperidine rings is 1. The molecule has 3 heterocycles. The van der Waals surface area contributed by atoms with Crippen LogP contribution < -0.4 is 9.80 Å². The van der Waals surface area contributed by atoms with E-state index in [0.29, 0.717) is 6.04 Å². The Hall–Kier alpha value is -1.76. The molecule has 7 heteroatoms. The van der Waals surface area contributed by atoms with Gasteiger partial charge in [-0.3, -0.25) is 4.98 Å². The van der Waals surface area contributed by atoms with Crippen LogP contribution in [0, 0.1) is 0 Å². The second-order valence-corrected chi connectivity index (χ2v) is 6.01. The van der Waals surface area contributed by atoms with E-state index in [4.69, 9.17) is 0 Å². The van der Waals surface area contributed by atoms with Crippen LogP contribution in [0.15, 0.2) is 35.5 Å². The zero-order chi connectivity index (χ0) is 14.7. The van der Waals surface area contributed by atoms with Crippen LogP contribution in [0.2, 0.25) is 0 Å². The molecule has 1 aliphatic rings. The quantitative estimate of drug-likeness (QED) is 0.846. The van der Waals surface area contributed by atoms with Crippen molar-refractivity contribution in [2.75, 3.05) is 29.9 Å². The normalized spacial score (nSPS) is 16.0. The first-order chi connectivity index (χ1) is 10.2. The maximum absolute atomic E-state index is 4.36. The molecule has 0 spiro atoms. The monoisotopic (exact) mass is 348 g/mol. The predicted molar refractivity (Wildman–Crippen MR) is 85.4 cm³/mol. The second-order valence-electron chi connectivity index (χ2n) is 5.09. The lowest BCUT2D eigenvalue weighted by Crippen LogP contribution is -2.44. The Morgan fingerprint density at radius 2 is 1.81 bits per heavy atom. The van der Waals surface area contributed by atoms with Crippen LogP contribution in [0.1, 0.15) is 12.8 Å². The fraction of sp³-hybridized carbons (Fsp3) is 0.429. The second kappa shape index (κ2) is 6.34. The van der Waals surface area contributed by atoms with Gasteiger partial charge in [-0.05, 0) is 28.8 Å². The van der Waals surface area contributed by atoms with E-state index in [9.17, 15) is 0 Å². The summed E-state index contributed by atoms with van der Waals surface area (Å²) in [6, 6.07) is 0.457. The van der Waals surface area contributed by atoms with Gasteiger partial charge >= 0.3 is 0 Å². The van der Waals surface area contributed by atoms with E-state index in [1.54, 1.807) is 24.8 Å². The van der Waals surface area contributed by atoms with Crippen LogP contribution in [-0.4, -0.2) is 46.1 Å². The maximum atomic E-state index is 4.36. The molecule has 0 unspecified atom stereocenters. The van der Waals surface area contributed by atoms with Crippen molar-refractivity contribution in [3.63, 3.8) is 0 Å². The molecule has 0 N–H and O–H groups in total. The van der Waals surface area contributed by atoms with Gasteiger partial charge in [0.25, 0.3) is 0 Å². The first-order valence-electron chi connectivity index (χ1n) is 6.95. The topological polar surface area (TPSA) is 58.0 Å². The molecular formula is C14H17BrN6. The third kappa shape index (κ3) is 3.29. The van der Waals surface area contributed by atoms with Crippen molar-refractivity contribution in [3.8, 4) is 0 Å². The SMILES string of the molecule is CN(c1ncc(Br)cn1)C1CCN(c2cnccn2)CC1. The molecule has 1 fully saturated rings. The van der Waals surface area contributed by atoms with Gasteiger partial charge in [0, 0.05) is 51.0 Å². The van der Waals surface area contributed by atoms with Crippen LogP contribution in [0.25, 0.3) is 0 Å². The lowest BCUT2D eigenvalue weighted by molar-refractivity contribution is 0.475. The van der Waals surface area contributed by atoms with Gasteiger partial charge in [-0.25, -0.2) is 15.0 Å². The number of aromatic nitrogens is 4. The number of hydrogen-bond donors (Lipinski definition) is 0. The van der Waals surface area contributed by atoms with Gasteiger partial charge in [0.2, 0.25) is 5.95 Å². The Morgan fingerprint density at radius 3 is 2.43 bits per heavy atom. The smallest absolute Gasteiger partial charge is 0.225 e. The number of rotatable bonds is 3. The highest BCUT2D eigenvalue weighted by atomic mass is 79.9. The van der Waals surface area contributed by atoms with E-state index in [0.717, 1.165) is 42.2 Å². The first kappa shape index (κ1) is 14.2. The maximum Gasteiger partial charge on any atom is 0.225 e. The highest BCUT2D eigenvalue weighted by Crippen LogP contribution is 2.22. The molecule has 1 saturated heterocycles. The highest BCUT2D eigenvalue weighted by Gasteiger charge is 2.24. The average molecular weight is 349 g/mol. The summed E-state index contributed by atoms with van der Waals surface area (Å²) in [5.74, 6) is 1.73. The van der Waals surface area contributed by atoms with E-state index in [1.165, 1.54) is 0 Å². The molecule has 2 aromatic rings. The average Bonchev–Trinajstić information content (AvgIpc) is 2.56. The van der Waals surface area contributed by atoms with E-state index >= 15 is 0 Å². The zero-order valence-electron chi connectivity index (χ0n) is 11.9. The highest BCUT2D eigenvalue weighted by molar-refractivity contribution is 9.10. The fourth-order valence-electron chi connectivity index (χ4n) is 2.59. The lowest BCUT2D eigenvalue weighted by Gasteiger charge is -2.37. The predicted octanol–water partition coefficient (Wildman–Crippen LogP) is 2.13. The molecular weight excluding hydrogens is 332 g/mol. The summed E-state index contributed by atoms with van der Waals surface area (Å²) >= 11 is 3.36. The molecule has 0 radical (unpaired) electrons. The Morgan fingerprint density at radius 1 is 1.10 bits per heavy atom. The molecule has 1 aliphatic heterocycles. The van der Waals surface area contributed by atoms with Crippen LogP contribution in [0.4, 0.5) is 11.8 Å². The van der Waals surface area contributed by atoms with Crippen molar-refractivity contribution in [3.05, 3.63) is 35.5 Å². The molecule has 0 saturated carbocycles. The Bertz CT molecular complexity index is 568. The third-order valence-electron chi connectivity index (χ3n) is 3.81. The number of anilines is 2. The standard InChI is InChI=1S/C14H17BrN6/c1-20(14-18-8-11(15)9-19-14)12-2-6-21(7-3-12)13-10-16-4-5-17-13/h4-5,8-10,12H,2-3,6-7H2,1H3. The summed E-state index contributed by atoms with van der Waals surface area (Å²) in [4.78, 5) is 21.7.